The van der Waals surface area contributed by atoms with Gasteiger partial charge in [-0.15, -0.1) is 0 Å². The van der Waals surface area contributed by atoms with Gasteiger partial charge in [-0.3, -0.25) is 4.79 Å². The Morgan fingerprint density at radius 1 is 1.30 bits per heavy atom. The molecule has 3 nitrogen and oxygen atoms in total. The van der Waals surface area contributed by atoms with E-state index < -0.39 is 0 Å². The summed E-state index contributed by atoms with van der Waals surface area (Å²) < 4.78 is 18.4. The van der Waals surface area contributed by atoms with Crippen LogP contribution < -0.4 is 0 Å². The van der Waals surface area contributed by atoms with E-state index in [4.69, 9.17) is 4.42 Å². The fourth-order valence-electron chi connectivity index (χ4n) is 2.08. The van der Waals surface area contributed by atoms with Gasteiger partial charge in [0.2, 0.25) is 5.91 Å². The molecule has 0 aliphatic carbocycles. The Balaban J connectivity index is 1.92. The molecule has 0 saturated heterocycles. The number of aryl methyl sites for hydroxylation is 1. The molecule has 0 aliphatic heterocycles. The van der Waals surface area contributed by atoms with Crippen molar-refractivity contribution in [2.24, 2.45) is 0 Å². The maximum atomic E-state index is 13.1. The van der Waals surface area contributed by atoms with Crippen molar-refractivity contribution in [1.82, 2.24) is 4.90 Å². The molecule has 1 heterocycles. The topological polar surface area (TPSA) is 33.5 Å². The lowest BCUT2D eigenvalue weighted by atomic mass is 10.2. The van der Waals surface area contributed by atoms with E-state index in [1.54, 1.807) is 17.2 Å². The van der Waals surface area contributed by atoms with E-state index in [9.17, 15) is 9.18 Å². The van der Waals surface area contributed by atoms with E-state index in [1.165, 1.54) is 12.1 Å². The fraction of sp³-hybridized carbons (Fsp3) is 0.312. The molecule has 0 saturated carbocycles. The normalized spacial score (nSPS) is 10.5. The third-order valence-corrected chi connectivity index (χ3v) is 3.16. The van der Waals surface area contributed by atoms with Crippen LogP contribution in [0.2, 0.25) is 0 Å². The van der Waals surface area contributed by atoms with E-state index in [2.05, 4.69) is 0 Å². The molecule has 1 aromatic carbocycles. The predicted octanol–water partition coefficient (Wildman–Crippen LogP) is 3.40. The van der Waals surface area contributed by atoms with Crippen molar-refractivity contribution in [2.75, 3.05) is 6.54 Å². The molecule has 1 amide bonds. The molecular formula is C16H18FNO2. The SMILES string of the molecule is CCN(Cc1cccc(F)c1)C(=O)CCc1ccco1. The largest absolute Gasteiger partial charge is 0.469 e. The van der Waals surface area contributed by atoms with Gasteiger partial charge < -0.3 is 9.32 Å². The molecule has 4 heteroatoms. The lowest BCUT2D eigenvalue weighted by molar-refractivity contribution is -0.131. The average Bonchev–Trinajstić information content (AvgIpc) is 2.95. The maximum Gasteiger partial charge on any atom is 0.223 e. The molecule has 0 N–H and O–H groups in total. The summed E-state index contributed by atoms with van der Waals surface area (Å²) in [5.41, 5.74) is 0.804. The molecule has 0 aliphatic rings. The van der Waals surface area contributed by atoms with Gasteiger partial charge in [-0.25, -0.2) is 4.39 Å². The highest BCUT2D eigenvalue weighted by Gasteiger charge is 2.13. The van der Waals surface area contributed by atoms with Crippen LogP contribution in [0.1, 0.15) is 24.7 Å². The van der Waals surface area contributed by atoms with Gasteiger partial charge in [0.15, 0.2) is 0 Å². The molecule has 20 heavy (non-hydrogen) atoms. The Hall–Kier alpha value is -2.10. The van der Waals surface area contributed by atoms with Crippen molar-refractivity contribution >= 4 is 5.91 Å². The van der Waals surface area contributed by atoms with E-state index in [-0.39, 0.29) is 11.7 Å². The average molecular weight is 275 g/mol. The van der Waals surface area contributed by atoms with Crippen molar-refractivity contribution in [1.29, 1.82) is 0 Å². The smallest absolute Gasteiger partial charge is 0.223 e. The van der Waals surface area contributed by atoms with E-state index in [1.807, 2.05) is 25.1 Å². The van der Waals surface area contributed by atoms with Crippen LogP contribution in [-0.2, 0) is 17.8 Å². The monoisotopic (exact) mass is 275 g/mol. The van der Waals surface area contributed by atoms with Gasteiger partial charge in [-0.2, -0.15) is 0 Å². The van der Waals surface area contributed by atoms with Crippen molar-refractivity contribution in [3.63, 3.8) is 0 Å². The van der Waals surface area contributed by atoms with Crippen LogP contribution in [0.15, 0.2) is 47.1 Å². The summed E-state index contributed by atoms with van der Waals surface area (Å²) in [5.74, 6) is 0.579. The number of carbonyl (C=O) groups excluding carboxylic acids is 1. The number of amides is 1. The van der Waals surface area contributed by atoms with Crippen LogP contribution in [0.4, 0.5) is 4.39 Å². The van der Waals surface area contributed by atoms with Gasteiger partial charge >= 0.3 is 0 Å². The second-order valence-electron chi connectivity index (χ2n) is 4.62. The predicted molar refractivity (Wildman–Crippen MR) is 74.5 cm³/mol. The Morgan fingerprint density at radius 3 is 2.80 bits per heavy atom. The van der Waals surface area contributed by atoms with Gasteiger partial charge in [0.25, 0.3) is 0 Å². The zero-order chi connectivity index (χ0) is 14.4. The molecular weight excluding hydrogens is 257 g/mol. The highest BCUT2D eigenvalue weighted by atomic mass is 19.1. The van der Waals surface area contributed by atoms with Gasteiger partial charge in [-0.1, -0.05) is 12.1 Å². The molecule has 2 rings (SSSR count). The number of rotatable bonds is 6. The summed E-state index contributed by atoms with van der Waals surface area (Å²) >= 11 is 0. The van der Waals surface area contributed by atoms with Crippen molar-refractivity contribution in [3.8, 4) is 0 Å². The van der Waals surface area contributed by atoms with E-state index >= 15 is 0 Å². The van der Waals surface area contributed by atoms with Crippen LogP contribution in [0.3, 0.4) is 0 Å². The standard InChI is InChI=1S/C16H18FNO2/c1-2-18(12-13-5-3-6-14(17)11-13)16(19)9-8-15-7-4-10-20-15/h3-7,10-11H,2,8-9,12H2,1H3. The van der Waals surface area contributed by atoms with Gasteiger partial charge in [0.05, 0.1) is 6.26 Å². The number of hydrogen-bond acceptors (Lipinski definition) is 2. The molecule has 0 radical (unpaired) electrons. The summed E-state index contributed by atoms with van der Waals surface area (Å²) in [5, 5.41) is 0. The Labute approximate surface area is 118 Å². The molecule has 0 spiro atoms. The summed E-state index contributed by atoms with van der Waals surface area (Å²) in [6.07, 6.45) is 2.59. The highest BCUT2D eigenvalue weighted by Crippen LogP contribution is 2.10. The lowest BCUT2D eigenvalue weighted by Gasteiger charge is -2.21. The van der Waals surface area contributed by atoms with Crippen LogP contribution in [0, 0.1) is 5.82 Å². The number of benzene rings is 1. The first-order valence-electron chi connectivity index (χ1n) is 6.73. The molecule has 0 bridgehead atoms. The van der Waals surface area contributed by atoms with Gasteiger partial charge in [0, 0.05) is 25.9 Å². The van der Waals surface area contributed by atoms with Crippen LogP contribution in [0.25, 0.3) is 0 Å². The number of nitrogens with zero attached hydrogens (tertiary/aromatic N) is 1. The fourth-order valence-corrected chi connectivity index (χ4v) is 2.08. The van der Waals surface area contributed by atoms with Crippen molar-refractivity contribution < 1.29 is 13.6 Å². The highest BCUT2D eigenvalue weighted by molar-refractivity contribution is 5.76. The third kappa shape index (κ3) is 3.95. The zero-order valence-electron chi connectivity index (χ0n) is 11.5. The first kappa shape index (κ1) is 14.3. The quantitative estimate of drug-likeness (QED) is 0.809. The number of hydrogen-bond donors (Lipinski definition) is 0. The Bertz CT molecular complexity index is 551. The van der Waals surface area contributed by atoms with Crippen molar-refractivity contribution in [2.45, 2.75) is 26.3 Å². The molecule has 0 unspecified atom stereocenters. The first-order chi connectivity index (χ1) is 9.69. The summed E-state index contributed by atoms with van der Waals surface area (Å²) in [7, 11) is 0. The Kier molecular flexibility index (Phi) is 4.93. The number of furan rings is 1. The lowest BCUT2D eigenvalue weighted by Crippen LogP contribution is -2.30. The second-order valence-corrected chi connectivity index (χ2v) is 4.62. The summed E-state index contributed by atoms with van der Waals surface area (Å²) in [4.78, 5) is 13.9. The van der Waals surface area contributed by atoms with E-state index in [0.29, 0.717) is 25.9 Å². The minimum absolute atomic E-state index is 0.0492. The molecule has 2 aromatic rings. The number of halogens is 1. The minimum Gasteiger partial charge on any atom is -0.469 e. The Morgan fingerprint density at radius 2 is 2.15 bits per heavy atom. The van der Waals surface area contributed by atoms with Crippen LogP contribution in [0.5, 0.6) is 0 Å². The second kappa shape index (κ2) is 6.89. The van der Waals surface area contributed by atoms with E-state index in [0.717, 1.165) is 11.3 Å². The molecule has 1 aromatic heterocycles. The minimum atomic E-state index is -0.276. The summed E-state index contributed by atoms with van der Waals surface area (Å²) in [6, 6.07) is 10.0. The maximum absolute atomic E-state index is 13.1. The van der Waals surface area contributed by atoms with Crippen LogP contribution in [-0.4, -0.2) is 17.4 Å². The molecule has 0 atom stereocenters. The third-order valence-electron chi connectivity index (χ3n) is 3.16. The summed E-state index contributed by atoms with van der Waals surface area (Å²) in [6.45, 7) is 2.96. The van der Waals surface area contributed by atoms with Crippen LogP contribution >= 0.6 is 0 Å². The van der Waals surface area contributed by atoms with Crippen molar-refractivity contribution in [3.05, 3.63) is 59.8 Å². The zero-order valence-corrected chi connectivity index (χ0v) is 11.5. The molecule has 106 valence electrons. The number of carbonyl (C=O) groups is 1. The first-order valence-corrected chi connectivity index (χ1v) is 6.73. The van der Waals surface area contributed by atoms with Gasteiger partial charge in [0.1, 0.15) is 11.6 Å². The molecule has 0 fully saturated rings. The van der Waals surface area contributed by atoms with Gasteiger partial charge in [-0.05, 0) is 36.8 Å².